The van der Waals surface area contributed by atoms with Crippen molar-refractivity contribution in [2.24, 2.45) is 0 Å². The zero-order chi connectivity index (χ0) is 11.0. The van der Waals surface area contributed by atoms with Gasteiger partial charge >= 0.3 is 0 Å². The third kappa shape index (κ3) is 1.53. The minimum absolute atomic E-state index is 0.0499. The summed E-state index contributed by atoms with van der Waals surface area (Å²) in [5.74, 6) is 0.710. The van der Waals surface area contributed by atoms with E-state index >= 15 is 0 Å². The molecule has 0 saturated carbocycles. The number of halogens is 1. The Morgan fingerprint density at radius 1 is 1.31 bits per heavy atom. The Hall–Kier alpha value is -1.61. The monoisotopic (exact) mass is 235 g/mol. The van der Waals surface area contributed by atoms with Crippen molar-refractivity contribution in [2.45, 2.75) is 6.10 Å². The Labute approximate surface area is 98.0 Å². The molecule has 1 aromatic heterocycles. The van der Waals surface area contributed by atoms with Gasteiger partial charge in [0.25, 0.3) is 0 Å². The highest BCUT2D eigenvalue weighted by atomic mass is 35.5. The topological polar surface area (TPSA) is 34.4 Å². The van der Waals surface area contributed by atoms with Crippen molar-refractivity contribution in [1.29, 1.82) is 0 Å². The number of rotatable bonds is 1. The van der Waals surface area contributed by atoms with Crippen LogP contribution in [0.3, 0.4) is 0 Å². The highest BCUT2D eigenvalue weighted by molar-refractivity contribution is 6.32. The molecule has 1 N–H and O–H groups in total. The predicted molar refractivity (Wildman–Crippen MR) is 62.0 cm³/mol. The van der Waals surface area contributed by atoms with Gasteiger partial charge in [0.2, 0.25) is 0 Å². The molecular weight excluding hydrogens is 226 g/mol. The predicted octanol–water partition coefficient (Wildman–Crippen LogP) is 3.48. The van der Waals surface area contributed by atoms with Gasteiger partial charge in [0.15, 0.2) is 5.75 Å². The summed E-state index contributed by atoms with van der Waals surface area (Å²) >= 11 is 6.08. The van der Waals surface area contributed by atoms with Crippen molar-refractivity contribution < 1.29 is 9.15 Å². The molecule has 1 aliphatic heterocycles. The molecule has 1 unspecified atom stereocenters. The van der Waals surface area contributed by atoms with Crippen LogP contribution in [-0.4, -0.2) is 6.54 Å². The van der Waals surface area contributed by atoms with Crippen LogP contribution in [0.4, 0.5) is 5.69 Å². The molecule has 0 bridgehead atoms. The first-order chi connectivity index (χ1) is 7.84. The number of furan rings is 1. The van der Waals surface area contributed by atoms with Gasteiger partial charge in [-0.2, -0.15) is 0 Å². The zero-order valence-corrected chi connectivity index (χ0v) is 9.20. The van der Waals surface area contributed by atoms with Crippen LogP contribution in [0.2, 0.25) is 5.02 Å². The first-order valence-corrected chi connectivity index (χ1v) is 5.43. The first kappa shape index (κ1) is 9.60. The lowest BCUT2D eigenvalue weighted by molar-refractivity contribution is 0.209. The Bertz CT molecular complexity index is 496. The van der Waals surface area contributed by atoms with Crippen molar-refractivity contribution in [1.82, 2.24) is 0 Å². The fraction of sp³-hybridized carbons (Fsp3) is 0.167. The third-order valence-electron chi connectivity index (χ3n) is 2.62. The van der Waals surface area contributed by atoms with Crippen molar-refractivity contribution in [3.8, 4) is 5.75 Å². The molecule has 3 rings (SSSR count). The molecule has 2 heterocycles. The Kier molecular flexibility index (Phi) is 2.26. The standard InChI is InChI=1S/C12H10ClNO2/c13-9-2-1-3-10-12(9)16-11(6-14-10)8-4-5-15-7-8/h1-5,7,11,14H,6H2. The van der Waals surface area contributed by atoms with Gasteiger partial charge < -0.3 is 14.5 Å². The van der Waals surface area contributed by atoms with Gasteiger partial charge in [0.05, 0.1) is 29.8 Å². The summed E-state index contributed by atoms with van der Waals surface area (Å²) in [7, 11) is 0. The molecular formula is C12H10ClNO2. The number of hydrogen-bond acceptors (Lipinski definition) is 3. The van der Waals surface area contributed by atoms with Crippen LogP contribution in [0.15, 0.2) is 41.2 Å². The second-order valence-electron chi connectivity index (χ2n) is 3.66. The van der Waals surface area contributed by atoms with E-state index in [9.17, 15) is 0 Å². The fourth-order valence-electron chi connectivity index (χ4n) is 1.80. The summed E-state index contributed by atoms with van der Waals surface area (Å²) in [6.45, 7) is 0.715. The number of hydrogen-bond donors (Lipinski definition) is 1. The van der Waals surface area contributed by atoms with E-state index in [2.05, 4.69) is 5.32 Å². The van der Waals surface area contributed by atoms with Gasteiger partial charge in [0, 0.05) is 5.56 Å². The largest absolute Gasteiger partial charge is 0.480 e. The number of ether oxygens (including phenoxy) is 1. The van der Waals surface area contributed by atoms with Gasteiger partial charge in [0.1, 0.15) is 6.10 Å². The molecule has 1 aromatic carbocycles. The van der Waals surface area contributed by atoms with Crippen LogP contribution in [-0.2, 0) is 0 Å². The Morgan fingerprint density at radius 3 is 3.06 bits per heavy atom. The quantitative estimate of drug-likeness (QED) is 0.822. The van der Waals surface area contributed by atoms with Crippen molar-refractivity contribution in [3.05, 3.63) is 47.4 Å². The van der Waals surface area contributed by atoms with Crippen molar-refractivity contribution in [3.63, 3.8) is 0 Å². The summed E-state index contributed by atoms with van der Waals surface area (Å²) < 4.78 is 10.9. The smallest absolute Gasteiger partial charge is 0.162 e. The highest BCUT2D eigenvalue weighted by Crippen LogP contribution is 2.39. The van der Waals surface area contributed by atoms with Crippen molar-refractivity contribution >= 4 is 17.3 Å². The van der Waals surface area contributed by atoms with E-state index in [0.29, 0.717) is 17.3 Å². The Morgan fingerprint density at radius 2 is 2.25 bits per heavy atom. The molecule has 0 fully saturated rings. The highest BCUT2D eigenvalue weighted by Gasteiger charge is 2.23. The molecule has 16 heavy (non-hydrogen) atoms. The number of anilines is 1. The maximum absolute atomic E-state index is 6.08. The number of nitrogens with one attached hydrogen (secondary N) is 1. The average Bonchev–Trinajstić information content (AvgIpc) is 2.83. The second-order valence-corrected chi connectivity index (χ2v) is 4.07. The number of para-hydroxylation sites is 1. The molecule has 0 amide bonds. The van der Waals surface area contributed by atoms with E-state index in [1.165, 1.54) is 0 Å². The summed E-state index contributed by atoms with van der Waals surface area (Å²) in [6.07, 6.45) is 3.28. The normalized spacial score (nSPS) is 18.4. The number of fused-ring (bicyclic) bond motifs is 1. The summed E-state index contributed by atoms with van der Waals surface area (Å²) in [6, 6.07) is 7.57. The molecule has 0 spiro atoms. The van der Waals surface area contributed by atoms with E-state index in [1.807, 2.05) is 24.3 Å². The van der Waals surface area contributed by atoms with Crippen LogP contribution in [0.5, 0.6) is 5.75 Å². The maximum atomic E-state index is 6.08. The minimum Gasteiger partial charge on any atom is -0.480 e. The Balaban J connectivity index is 1.94. The van der Waals surface area contributed by atoms with Gasteiger partial charge in [-0.15, -0.1) is 0 Å². The number of benzene rings is 1. The lowest BCUT2D eigenvalue weighted by Gasteiger charge is -2.27. The second kappa shape index (κ2) is 3.76. The van der Waals surface area contributed by atoms with E-state index in [1.54, 1.807) is 12.5 Å². The molecule has 0 radical (unpaired) electrons. The molecule has 82 valence electrons. The molecule has 0 saturated heterocycles. The molecule has 1 aliphatic rings. The minimum atomic E-state index is -0.0499. The van der Waals surface area contributed by atoms with Crippen LogP contribution < -0.4 is 10.1 Å². The average molecular weight is 236 g/mol. The van der Waals surface area contributed by atoms with Gasteiger partial charge in [-0.05, 0) is 18.2 Å². The molecule has 1 atom stereocenters. The van der Waals surface area contributed by atoms with E-state index in [0.717, 1.165) is 11.3 Å². The zero-order valence-electron chi connectivity index (χ0n) is 8.44. The van der Waals surface area contributed by atoms with Crippen LogP contribution in [0, 0.1) is 0 Å². The maximum Gasteiger partial charge on any atom is 0.162 e. The molecule has 3 nitrogen and oxygen atoms in total. The summed E-state index contributed by atoms with van der Waals surface area (Å²) in [4.78, 5) is 0. The van der Waals surface area contributed by atoms with Gasteiger partial charge in [-0.25, -0.2) is 0 Å². The molecule has 4 heteroatoms. The lowest BCUT2D eigenvalue weighted by atomic mass is 10.1. The van der Waals surface area contributed by atoms with Crippen LogP contribution in [0.25, 0.3) is 0 Å². The van der Waals surface area contributed by atoms with E-state index in [4.69, 9.17) is 20.8 Å². The van der Waals surface area contributed by atoms with Gasteiger partial charge in [-0.1, -0.05) is 17.7 Å². The molecule has 0 aliphatic carbocycles. The third-order valence-corrected chi connectivity index (χ3v) is 2.92. The molecule has 2 aromatic rings. The van der Waals surface area contributed by atoms with E-state index < -0.39 is 0 Å². The van der Waals surface area contributed by atoms with E-state index in [-0.39, 0.29) is 6.10 Å². The van der Waals surface area contributed by atoms with Crippen molar-refractivity contribution in [2.75, 3.05) is 11.9 Å². The SMILES string of the molecule is Clc1cccc2c1OC(c1ccoc1)CN2. The summed E-state index contributed by atoms with van der Waals surface area (Å²) in [5.41, 5.74) is 1.95. The first-order valence-electron chi connectivity index (χ1n) is 5.06. The van der Waals surface area contributed by atoms with Gasteiger partial charge in [-0.3, -0.25) is 0 Å². The van der Waals surface area contributed by atoms with Crippen LogP contribution in [0.1, 0.15) is 11.7 Å². The van der Waals surface area contributed by atoms with Crippen LogP contribution >= 0.6 is 11.6 Å². The summed E-state index contributed by atoms with van der Waals surface area (Å²) in [5, 5.41) is 3.91. The lowest BCUT2D eigenvalue weighted by Crippen LogP contribution is -2.23. The fourth-order valence-corrected chi connectivity index (χ4v) is 2.02.